The molecule has 1 heterocycles. The predicted molar refractivity (Wildman–Crippen MR) is 38.7 cm³/mol. The highest BCUT2D eigenvalue weighted by Gasteiger charge is 2.14. The molecular weight excluding hydrogens is 192 g/mol. The van der Waals surface area contributed by atoms with Gasteiger partial charge in [-0.05, 0) is 0 Å². The van der Waals surface area contributed by atoms with E-state index in [-0.39, 0.29) is 5.02 Å². The highest BCUT2D eigenvalue weighted by Crippen LogP contribution is 2.24. The maximum absolute atomic E-state index is 12.0. The molecule has 0 aliphatic heterocycles. The van der Waals surface area contributed by atoms with E-state index in [1.165, 1.54) is 0 Å². The van der Waals surface area contributed by atoms with Gasteiger partial charge in [-0.1, -0.05) is 11.6 Å². The molecule has 0 spiro atoms. The van der Waals surface area contributed by atoms with Crippen LogP contribution >= 0.6 is 11.6 Å². The van der Waals surface area contributed by atoms with Crippen LogP contribution < -0.4 is 5.56 Å². The summed E-state index contributed by atoms with van der Waals surface area (Å²) in [5.74, 6) is -0.676. The normalized spacial score (nSPS) is 10.7. The molecule has 0 fully saturated rings. The minimum atomic E-state index is -2.86. The molecule has 0 radical (unpaired) electrons. The summed E-state index contributed by atoms with van der Waals surface area (Å²) in [6.07, 6.45) is -2.86. The number of aromatic hydroxyl groups is 1. The standard InChI is InChI=1S/C6H4ClF2NO2/c7-2-1-3(11)6(12)10-4(2)5(8)9/h1,5,11H,(H,10,12). The number of hydrogen-bond acceptors (Lipinski definition) is 2. The molecule has 1 rings (SSSR count). The summed E-state index contributed by atoms with van der Waals surface area (Å²) >= 11 is 5.29. The summed E-state index contributed by atoms with van der Waals surface area (Å²) in [7, 11) is 0. The van der Waals surface area contributed by atoms with Gasteiger partial charge in [-0.15, -0.1) is 0 Å². The molecule has 0 aliphatic rings. The van der Waals surface area contributed by atoms with Crippen LogP contribution in [0.1, 0.15) is 12.1 Å². The second kappa shape index (κ2) is 3.10. The first-order valence-electron chi connectivity index (χ1n) is 2.92. The average molecular weight is 196 g/mol. The zero-order chi connectivity index (χ0) is 9.30. The predicted octanol–water partition coefficient (Wildman–Crippen LogP) is 1.67. The third kappa shape index (κ3) is 1.55. The van der Waals surface area contributed by atoms with E-state index in [2.05, 4.69) is 0 Å². The van der Waals surface area contributed by atoms with Crippen LogP contribution in [0.2, 0.25) is 5.02 Å². The number of hydrogen-bond donors (Lipinski definition) is 2. The monoisotopic (exact) mass is 195 g/mol. The van der Waals surface area contributed by atoms with E-state index in [1.54, 1.807) is 4.98 Å². The summed E-state index contributed by atoms with van der Waals surface area (Å²) in [5, 5.41) is 8.37. The lowest BCUT2D eigenvalue weighted by molar-refractivity contribution is 0.146. The number of pyridine rings is 1. The summed E-state index contributed by atoms with van der Waals surface area (Å²) in [6, 6.07) is 0.780. The Morgan fingerprint density at radius 1 is 1.58 bits per heavy atom. The summed E-state index contributed by atoms with van der Waals surface area (Å²) in [5.41, 5.74) is -1.66. The molecule has 0 aromatic carbocycles. The fourth-order valence-corrected chi connectivity index (χ4v) is 0.901. The Morgan fingerprint density at radius 3 is 2.67 bits per heavy atom. The SMILES string of the molecule is O=c1[nH]c(C(F)F)c(Cl)cc1O. The Hall–Kier alpha value is -1.10. The van der Waals surface area contributed by atoms with Gasteiger partial charge in [0.2, 0.25) is 0 Å². The van der Waals surface area contributed by atoms with Gasteiger partial charge in [0.05, 0.1) is 5.02 Å². The topological polar surface area (TPSA) is 53.1 Å². The molecule has 2 N–H and O–H groups in total. The number of aromatic amines is 1. The first-order chi connectivity index (χ1) is 5.52. The lowest BCUT2D eigenvalue weighted by Crippen LogP contribution is -2.08. The molecule has 1 aromatic heterocycles. The van der Waals surface area contributed by atoms with Gasteiger partial charge in [-0.3, -0.25) is 4.79 Å². The third-order valence-electron chi connectivity index (χ3n) is 1.22. The molecule has 0 saturated heterocycles. The second-order valence-corrected chi connectivity index (χ2v) is 2.45. The van der Waals surface area contributed by atoms with Gasteiger partial charge in [0.15, 0.2) is 5.75 Å². The van der Waals surface area contributed by atoms with Gasteiger partial charge in [-0.2, -0.15) is 0 Å². The lowest BCUT2D eigenvalue weighted by atomic mass is 10.3. The summed E-state index contributed by atoms with van der Waals surface area (Å²) in [6.45, 7) is 0. The van der Waals surface area contributed by atoms with Gasteiger partial charge in [0, 0.05) is 6.07 Å². The molecule has 0 amide bonds. The van der Waals surface area contributed by atoms with Gasteiger partial charge in [0.1, 0.15) is 5.69 Å². The van der Waals surface area contributed by atoms with Crippen LogP contribution in [0.5, 0.6) is 5.75 Å². The Kier molecular flexibility index (Phi) is 2.32. The van der Waals surface area contributed by atoms with Crippen LogP contribution in [0.15, 0.2) is 10.9 Å². The van der Waals surface area contributed by atoms with Crippen LogP contribution in [0, 0.1) is 0 Å². The minimum Gasteiger partial charge on any atom is -0.503 e. The van der Waals surface area contributed by atoms with Crippen molar-refractivity contribution in [3.63, 3.8) is 0 Å². The largest absolute Gasteiger partial charge is 0.503 e. The van der Waals surface area contributed by atoms with Crippen molar-refractivity contribution in [2.24, 2.45) is 0 Å². The van der Waals surface area contributed by atoms with E-state index in [4.69, 9.17) is 16.7 Å². The second-order valence-electron chi connectivity index (χ2n) is 2.05. The quantitative estimate of drug-likeness (QED) is 0.716. The lowest BCUT2D eigenvalue weighted by Gasteiger charge is -2.01. The average Bonchev–Trinajstić information content (AvgIpc) is 1.96. The zero-order valence-electron chi connectivity index (χ0n) is 5.64. The Bertz CT molecular complexity index is 350. The number of alkyl halides is 2. The van der Waals surface area contributed by atoms with Crippen molar-refractivity contribution in [3.05, 3.63) is 27.1 Å². The highest BCUT2D eigenvalue weighted by atomic mass is 35.5. The van der Waals surface area contributed by atoms with E-state index >= 15 is 0 Å². The molecule has 0 aliphatic carbocycles. The summed E-state index contributed by atoms with van der Waals surface area (Å²) in [4.78, 5) is 12.4. The molecule has 6 heteroatoms. The van der Waals surface area contributed by atoms with E-state index in [0.29, 0.717) is 0 Å². The fourth-order valence-electron chi connectivity index (χ4n) is 0.668. The molecule has 3 nitrogen and oxygen atoms in total. The molecule has 1 aromatic rings. The number of nitrogens with one attached hydrogen (secondary N) is 1. The van der Waals surface area contributed by atoms with Crippen LogP contribution in [-0.4, -0.2) is 10.1 Å². The summed E-state index contributed by atoms with van der Waals surface area (Å²) < 4.78 is 24.0. The van der Waals surface area contributed by atoms with Crippen molar-refractivity contribution in [2.75, 3.05) is 0 Å². The van der Waals surface area contributed by atoms with Gasteiger partial charge in [0.25, 0.3) is 12.0 Å². The molecule has 0 unspecified atom stereocenters. The maximum Gasteiger partial charge on any atom is 0.290 e. The highest BCUT2D eigenvalue weighted by molar-refractivity contribution is 6.31. The van der Waals surface area contributed by atoms with Crippen molar-refractivity contribution < 1.29 is 13.9 Å². The van der Waals surface area contributed by atoms with E-state index in [0.717, 1.165) is 6.07 Å². The molecular formula is C6H4ClF2NO2. The minimum absolute atomic E-state index is 0.359. The van der Waals surface area contributed by atoms with Crippen LogP contribution in [-0.2, 0) is 0 Å². The first kappa shape index (κ1) is 8.99. The van der Waals surface area contributed by atoms with Crippen molar-refractivity contribution in [3.8, 4) is 5.75 Å². The zero-order valence-corrected chi connectivity index (χ0v) is 6.40. The maximum atomic E-state index is 12.0. The molecule has 0 saturated carbocycles. The van der Waals surface area contributed by atoms with Crippen molar-refractivity contribution in [1.29, 1.82) is 0 Å². The molecule has 0 bridgehead atoms. The Labute approximate surface area is 70.6 Å². The van der Waals surface area contributed by atoms with Gasteiger partial charge < -0.3 is 10.1 Å². The van der Waals surface area contributed by atoms with Gasteiger partial charge in [-0.25, -0.2) is 8.78 Å². The van der Waals surface area contributed by atoms with E-state index in [9.17, 15) is 13.6 Å². The number of H-pyrrole nitrogens is 1. The van der Waals surface area contributed by atoms with Crippen LogP contribution in [0.3, 0.4) is 0 Å². The van der Waals surface area contributed by atoms with Gasteiger partial charge >= 0.3 is 0 Å². The van der Waals surface area contributed by atoms with Crippen molar-refractivity contribution in [2.45, 2.75) is 6.43 Å². The smallest absolute Gasteiger partial charge is 0.290 e. The molecule has 66 valence electrons. The Morgan fingerprint density at radius 2 is 2.17 bits per heavy atom. The third-order valence-corrected chi connectivity index (χ3v) is 1.53. The number of aromatic nitrogens is 1. The van der Waals surface area contributed by atoms with E-state index in [1.807, 2.05) is 0 Å². The number of rotatable bonds is 1. The van der Waals surface area contributed by atoms with Crippen molar-refractivity contribution >= 4 is 11.6 Å². The van der Waals surface area contributed by atoms with E-state index < -0.39 is 23.4 Å². The Balaban J connectivity index is 3.33. The molecule has 12 heavy (non-hydrogen) atoms. The number of halogens is 3. The first-order valence-corrected chi connectivity index (χ1v) is 3.30. The molecule has 0 atom stereocenters. The van der Waals surface area contributed by atoms with Crippen molar-refractivity contribution in [1.82, 2.24) is 4.98 Å². The van der Waals surface area contributed by atoms with Crippen LogP contribution in [0.25, 0.3) is 0 Å². The van der Waals surface area contributed by atoms with Crippen LogP contribution in [0.4, 0.5) is 8.78 Å². The fraction of sp³-hybridized carbons (Fsp3) is 0.167.